The van der Waals surface area contributed by atoms with E-state index in [1.807, 2.05) is 0 Å². The van der Waals surface area contributed by atoms with Crippen LogP contribution in [0.5, 0.6) is 0 Å². The van der Waals surface area contributed by atoms with Crippen LogP contribution in [0.3, 0.4) is 0 Å². The third-order valence-corrected chi connectivity index (χ3v) is 5.52. The molecule has 0 unspecified atom stereocenters. The van der Waals surface area contributed by atoms with Crippen molar-refractivity contribution in [1.29, 1.82) is 0 Å². The molecule has 1 fully saturated rings. The number of aliphatic hydroxyl groups is 1. The second-order valence-corrected chi connectivity index (χ2v) is 7.54. The Morgan fingerprint density at radius 2 is 1.77 bits per heavy atom. The van der Waals surface area contributed by atoms with E-state index in [9.17, 15) is 18.7 Å². The summed E-state index contributed by atoms with van der Waals surface area (Å²) >= 11 is 0. The zero-order valence-corrected chi connectivity index (χ0v) is 16.3. The number of hydrogen-bond donors (Lipinski definition) is 1. The summed E-state index contributed by atoms with van der Waals surface area (Å²) in [6.07, 6.45) is 5.48. The Kier molecular flexibility index (Phi) is 5.55. The molecule has 0 atom stereocenters. The number of likely N-dealkylation sites (tertiary alicyclic amines) is 1. The number of pyridine rings is 2. The van der Waals surface area contributed by atoms with E-state index in [1.165, 1.54) is 12.1 Å². The third-order valence-electron chi connectivity index (χ3n) is 5.52. The molecule has 1 N–H and O–H groups in total. The summed E-state index contributed by atoms with van der Waals surface area (Å²) in [5, 5.41) is 10.9. The van der Waals surface area contributed by atoms with Crippen LogP contribution in [0.2, 0.25) is 0 Å². The molecule has 1 aromatic carbocycles. The first-order valence-corrected chi connectivity index (χ1v) is 9.77. The Morgan fingerprint density at radius 3 is 2.50 bits per heavy atom. The second kappa shape index (κ2) is 8.28. The smallest absolute Gasteiger partial charge is 0.256 e. The molecule has 7 heteroatoms. The molecule has 0 bridgehead atoms. The van der Waals surface area contributed by atoms with Crippen molar-refractivity contribution in [3.63, 3.8) is 0 Å². The predicted octanol–water partition coefficient (Wildman–Crippen LogP) is 3.63. The van der Waals surface area contributed by atoms with Crippen molar-refractivity contribution >= 4 is 5.91 Å². The lowest BCUT2D eigenvalue weighted by Crippen LogP contribution is -2.48. The number of benzene rings is 1. The van der Waals surface area contributed by atoms with Gasteiger partial charge in [-0.3, -0.25) is 14.8 Å². The van der Waals surface area contributed by atoms with Crippen LogP contribution in [0.25, 0.3) is 11.3 Å². The van der Waals surface area contributed by atoms with Crippen LogP contribution in [0, 0.1) is 11.6 Å². The van der Waals surface area contributed by atoms with Gasteiger partial charge in [0.1, 0.15) is 0 Å². The molecule has 30 heavy (non-hydrogen) atoms. The molecular weight excluding hydrogens is 388 g/mol. The SMILES string of the molecule is O=C(c1cccnc1-c1ccncc1)N1CCC(O)(Cc2cccc(F)c2F)CC1. The minimum atomic E-state index is -1.19. The Morgan fingerprint density at radius 1 is 1.03 bits per heavy atom. The Balaban J connectivity index is 1.48. The number of aromatic nitrogens is 2. The number of carbonyl (C=O) groups is 1. The minimum absolute atomic E-state index is 0.00772. The summed E-state index contributed by atoms with van der Waals surface area (Å²) < 4.78 is 27.5. The highest BCUT2D eigenvalue weighted by Crippen LogP contribution is 2.30. The van der Waals surface area contributed by atoms with Crippen LogP contribution in [-0.4, -0.2) is 44.6 Å². The molecule has 3 heterocycles. The van der Waals surface area contributed by atoms with E-state index in [-0.39, 0.29) is 30.7 Å². The van der Waals surface area contributed by atoms with Gasteiger partial charge in [-0.25, -0.2) is 8.78 Å². The number of carbonyl (C=O) groups excluding carboxylic acids is 1. The van der Waals surface area contributed by atoms with E-state index >= 15 is 0 Å². The van der Waals surface area contributed by atoms with Crippen molar-refractivity contribution in [3.05, 3.63) is 83.8 Å². The topological polar surface area (TPSA) is 66.3 Å². The van der Waals surface area contributed by atoms with Crippen molar-refractivity contribution < 1.29 is 18.7 Å². The monoisotopic (exact) mass is 409 g/mol. The highest BCUT2D eigenvalue weighted by atomic mass is 19.2. The van der Waals surface area contributed by atoms with Crippen molar-refractivity contribution in [2.75, 3.05) is 13.1 Å². The summed E-state index contributed by atoms with van der Waals surface area (Å²) in [6, 6.07) is 11.0. The maximum absolute atomic E-state index is 14.0. The van der Waals surface area contributed by atoms with E-state index in [2.05, 4.69) is 9.97 Å². The van der Waals surface area contributed by atoms with E-state index in [0.29, 0.717) is 24.3 Å². The maximum Gasteiger partial charge on any atom is 0.256 e. The standard InChI is InChI=1S/C23H21F2N3O2/c24-19-5-1-3-17(20(19)25)15-23(30)8-13-28(14-9-23)22(29)18-4-2-10-27-21(18)16-6-11-26-12-7-16/h1-7,10-12,30H,8-9,13-15H2. The van der Waals surface area contributed by atoms with Crippen LogP contribution in [0.1, 0.15) is 28.8 Å². The quantitative estimate of drug-likeness (QED) is 0.715. The zero-order valence-electron chi connectivity index (χ0n) is 16.3. The number of halogens is 2. The molecule has 154 valence electrons. The molecule has 1 aliphatic heterocycles. The van der Waals surface area contributed by atoms with Gasteiger partial charge in [0.05, 0.1) is 16.9 Å². The molecule has 2 aromatic heterocycles. The molecule has 0 saturated carbocycles. The van der Waals surface area contributed by atoms with Crippen LogP contribution in [0.4, 0.5) is 8.78 Å². The van der Waals surface area contributed by atoms with Gasteiger partial charge in [-0.1, -0.05) is 12.1 Å². The number of piperidine rings is 1. The predicted molar refractivity (Wildman–Crippen MR) is 108 cm³/mol. The van der Waals surface area contributed by atoms with Crippen LogP contribution < -0.4 is 0 Å². The van der Waals surface area contributed by atoms with Gasteiger partial charge in [0.15, 0.2) is 11.6 Å². The number of rotatable bonds is 4. The second-order valence-electron chi connectivity index (χ2n) is 7.54. The molecule has 1 saturated heterocycles. The largest absolute Gasteiger partial charge is 0.389 e. The van der Waals surface area contributed by atoms with Gasteiger partial charge in [0.2, 0.25) is 0 Å². The first kappa shape index (κ1) is 20.1. The van der Waals surface area contributed by atoms with Gasteiger partial charge >= 0.3 is 0 Å². The fourth-order valence-corrected chi connectivity index (χ4v) is 3.83. The minimum Gasteiger partial charge on any atom is -0.389 e. The lowest BCUT2D eigenvalue weighted by molar-refractivity contribution is -0.0168. The summed E-state index contributed by atoms with van der Waals surface area (Å²) in [7, 11) is 0. The number of nitrogens with zero attached hydrogens (tertiary/aromatic N) is 3. The van der Waals surface area contributed by atoms with Crippen LogP contribution in [0.15, 0.2) is 61.1 Å². The lowest BCUT2D eigenvalue weighted by Gasteiger charge is -2.38. The van der Waals surface area contributed by atoms with Crippen molar-refractivity contribution in [1.82, 2.24) is 14.9 Å². The van der Waals surface area contributed by atoms with Crippen LogP contribution >= 0.6 is 0 Å². The fraction of sp³-hybridized carbons (Fsp3) is 0.261. The molecule has 1 aliphatic rings. The van der Waals surface area contributed by atoms with Crippen molar-refractivity contribution in [2.45, 2.75) is 24.9 Å². The third kappa shape index (κ3) is 4.07. The van der Waals surface area contributed by atoms with Crippen molar-refractivity contribution in [2.24, 2.45) is 0 Å². The van der Waals surface area contributed by atoms with Crippen LogP contribution in [-0.2, 0) is 6.42 Å². The van der Waals surface area contributed by atoms with Crippen molar-refractivity contribution in [3.8, 4) is 11.3 Å². The van der Waals surface area contributed by atoms with E-state index in [0.717, 1.165) is 11.6 Å². The van der Waals surface area contributed by atoms with E-state index in [1.54, 1.807) is 47.8 Å². The first-order valence-electron chi connectivity index (χ1n) is 9.77. The molecular formula is C23H21F2N3O2. The summed E-state index contributed by atoms with van der Waals surface area (Å²) in [6.45, 7) is 0.633. The number of amides is 1. The molecule has 0 radical (unpaired) electrons. The summed E-state index contributed by atoms with van der Waals surface area (Å²) in [4.78, 5) is 23.2. The van der Waals surface area contributed by atoms with Gasteiger partial charge in [-0.2, -0.15) is 0 Å². The Bertz CT molecular complexity index is 1050. The first-order chi connectivity index (χ1) is 14.5. The Hall–Kier alpha value is -3.19. The highest BCUT2D eigenvalue weighted by molar-refractivity contribution is 5.99. The summed E-state index contributed by atoms with van der Waals surface area (Å²) in [5.41, 5.74) is 0.806. The van der Waals surface area contributed by atoms with E-state index < -0.39 is 17.2 Å². The molecule has 4 rings (SSSR count). The molecule has 1 amide bonds. The van der Waals surface area contributed by atoms with E-state index in [4.69, 9.17) is 0 Å². The summed E-state index contributed by atoms with van der Waals surface area (Å²) in [5.74, 6) is -2.03. The number of hydrogen-bond acceptors (Lipinski definition) is 4. The average molecular weight is 409 g/mol. The highest BCUT2D eigenvalue weighted by Gasteiger charge is 2.35. The maximum atomic E-state index is 14.0. The van der Waals surface area contributed by atoms with Gasteiger partial charge in [-0.05, 0) is 48.7 Å². The van der Waals surface area contributed by atoms with Gasteiger partial charge in [0, 0.05) is 43.7 Å². The fourth-order valence-electron chi connectivity index (χ4n) is 3.83. The average Bonchev–Trinajstić information content (AvgIpc) is 2.77. The van der Waals surface area contributed by atoms with Gasteiger partial charge in [-0.15, -0.1) is 0 Å². The lowest BCUT2D eigenvalue weighted by atomic mass is 9.85. The molecule has 0 aliphatic carbocycles. The zero-order chi connectivity index (χ0) is 21.1. The van der Waals surface area contributed by atoms with Gasteiger partial charge in [0.25, 0.3) is 5.91 Å². The van der Waals surface area contributed by atoms with Gasteiger partial charge < -0.3 is 10.0 Å². The molecule has 0 spiro atoms. The molecule has 3 aromatic rings. The molecule has 5 nitrogen and oxygen atoms in total. The normalized spacial score (nSPS) is 15.8. The Labute approximate surface area is 173 Å².